The largest absolute Gasteiger partial charge is 0.356 e. The Morgan fingerprint density at radius 2 is 2.30 bits per heavy atom. The number of aryl methyl sites for hydroxylation is 2. The van der Waals surface area contributed by atoms with Crippen LogP contribution in [0.4, 0.5) is 0 Å². The molecule has 1 aliphatic rings. The summed E-state index contributed by atoms with van der Waals surface area (Å²) in [5.41, 5.74) is 0. The summed E-state index contributed by atoms with van der Waals surface area (Å²) in [4.78, 5) is 15.7. The second kappa shape index (κ2) is 6.34. The van der Waals surface area contributed by atoms with E-state index in [1.165, 1.54) is 0 Å². The third kappa shape index (κ3) is 4.59. The van der Waals surface area contributed by atoms with E-state index in [2.05, 4.69) is 15.5 Å². The molecule has 0 bridgehead atoms. The number of rotatable bonds is 6. The Balaban J connectivity index is 1.61. The Bertz CT molecular complexity index is 567. The van der Waals surface area contributed by atoms with Crippen LogP contribution in [0.5, 0.6) is 0 Å². The van der Waals surface area contributed by atoms with Gasteiger partial charge in [0, 0.05) is 19.4 Å². The van der Waals surface area contributed by atoms with Gasteiger partial charge in [-0.25, -0.2) is 8.42 Å². The topological polar surface area (TPSA) is 102 Å². The highest BCUT2D eigenvalue weighted by atomic mass is 32.2. The summed E-state index contributed by atoms with van der Waals surface area (Å²) in [7, 11) is -2.87. The average molecular weight is 301 g/mol. The fourth-order valence-electron chi connectivity index (χ4n) is 2.22. The third-order valence-corrected chi connectivity index (χ3v) is 5.12. The van der Waals surface area contributed by atoms with Gasteiger partial charge in [0.05, 0.1) is 11.5 Å². The lowest BCUT2D eigenvalue weighted by molar-refractivity contribution is -0.121. The van der Waals surface area contributed by atoms with Crippen molar-refractivity contribution in [3.05, 3.63) is 11.7 Å². The van der Waals surface area contributed by atoms with E-state index in [9.17, 15) is 13.2 Å². The molecule has 1 fully saturated rings. The summed E-state index contributed by atoms with van der Waals surface area (Å²) in [5.74, 6) is 1.55. The van der Waals surface area contributed by atoms with Crippen molar-refractivity contribution in [2.24, 2.45) is 5.92 Å². The molecular weight excluding hydrogens is 282 g/mol. The minimum absolute atomic E-state index is 0.0579. The van der Waals surface area contributed by atoms with Crippen LogP contribution in [0.1, 0.15) is 31.0 Å². The Morgan fingerprint density at radius 1 is 1.50 bits per heavy atom. The zero-order chi connectivity index (χ0) is 14.6. The van der Waals surface area contributed by atoms with Crippen LogP contribution < -0.4 is 5.32 Å². The number of hydrogen-bond acceptors (Lipinski definition) is 6. The Hall–Kier alpha value is -1.44. The lowest BCUT2D eigenvalue weighted by atomic mass is 10.1. The first-order chi connectivity index (χ1) is 9.44. The minimum Gasteiger partial charge on any atom is -0.356 e. The summed E-state index contributed by atoms with van der Waals surface area (Å²) >= 11 is 0. The van der Waals surface area contributed by atoms with Crippen LogP contribution in [-0.4, -0.2) is 42.5 Å². The van der Waals surface area contributed by atoms with E-state index in [-0.39, 0.29) is 23.3 Å². The molecule has 1 amide bonds. The number of sulfone groups is 1. The number of carbonyl (C=O) groups is 1. The van der Waals surface area contributed by atoms with E-state index in [0.29, 0.717) is 43.9 Å². The molecular formula is C12H19N3O4S. The van der Waals surface area contributed by atoms with Crippen molar-refractivity contribution in [1.29, 1.82) is 0 Å². The van der Waals surface area contributed by atoms with Crippen LogP contribution in [-0.2, 0) is 21.1 Å². The van der Waals surface area contributed by atoms with Crippen molar-refractivity contribution in [3.8, 4) is 0 Å². The van der Waals surface area contributed by atoms with E-state index >= 15 is 0 Å². The molecule has 0 unspecified atom stereocenters. The summed E-state index contributed by atoms with van der Waals surface area (Å²) in [6.45, 7) is 2.19. The molecule has 1 N–H and O–H groups in total. The van der Waals surface area contributed by atoms with Crippen molar-refractivity contribution in [2.45, 2.75) is 32.6 Å². The molecule has 1 aliphatic heterocycles. The van der Waals surface area contributed by atoms with E-state index in [1.807, 2.05) is 0 Å². The highest BCUT2D eigenvalue weighted by molar-refractivity contribution is 7.91. The first kappa shape index (κ1) is 15.0. The van der Waals surface area contributed by atoms with Crippen LogP contribution in [0, 0.1) is 12.8 Å². The number of hydrogen-bond donors (Lipinski definition) is 1. The van der Waals surface area contributed by atoms with E-state index < -0.39 is 9.84 Å². The van der Waals surface area contributed by atoms with Crippen LogP contribution in [0.25, 0.3) is 0 Å². The molecule has 0 aliphatic carbocycles. The molecule has 0 aromatic carbocycles. The van der Waals surface area contributed by atoms with Crippen molar-refractivity contribution in [3.63, 3.8) is 0 Å². The molecule has 1 aromatic heterocycles. The molecule has 1 saturated heterocycles. The number of amides is 1. The van der Waals surface area contributed by atoms with Gasteiger partial charge in [-0.15, -0.1) is 0 Å². The van der Waals surface area contributed by atoms with E-state index in [4.69, 9.17) is 4.52 Å². The normalized spacial score (nSPS) is 20.9. The number of nitrogens with zero attached hydrogens (tertiary/aromatic N) is 2. The molecule has 0 saturated carbocycles. The van der Waals surface area contributed by atoms with Gasteiger partial charge in [-0.05, 0) is 25.7 Å². The smallest absolute Gasteiger partial charge is 0.226 e. The average Bonchev–Trinajstić information content (AvgIpc) is 2.93. The number of nitrogens with one attached hydrogen (secondary N) is 1. The van der Waals surface area contributed by atoms with Gasteiger partial charge in [0.25, 0.3) is 0 Å². The lowest BCUT2D eigenvalue weighted by Crippen LogP contribution is -2.29. The third-order valence-electron chi connectivity index (χ3n) is 3.28. The van der Waals surface area contributed by atoms with Gasteiger partial charge in [-0.1, -0.05) is 5.16 Å². The molecule has 2 heterocycles. The molecule has 20 heavy (non-hydrogen) atoms. The van der Waals surface area contributed by atoms with Gasteiger partial charge in [0.1, 0.15) is 0 Å². The zero-order valence-electron chi connectivity index (χ0n) is 11.5. The van der Waals surface area contributed by atoms with Crippen molar-refractivity contribution in [1.82, 2.24) is 15.5 Å². The molecule has 112 valence electrons. The van der Waals surface area contributed by atoms with Crippen LogP contribution >= 0.6 is 0 Å². The second-order valence-corrected chi connectivity index (χ2v) is 7.39. The zero-order valence-corrected chi connectivity index (χ0v) is 12.3. The van der Waals surface area contributed by atoms with E-state index in [1.54, 1.807) is 6.92 Å². The summed E-state index contributed by atoms with van der Waals surface area (Å²) in [5, 5.41) is 6.46. The van der Waals surface area contributed by atoms with Crippen molar-refractivity contribution >= 4 is 15.7 Å². The summed E-state index contributed by atoms with van der Waals surface area (Å²) in [6.07, 6.45) is 2.23. The second-order valence-electron chi connectivity index (χ2n) is 5.16. The van der Waals surface area contributed by atoms with Gasteiger partial charge < -0.3 is 9.84 Å². The monoisotopic (exact) mass is 301 g/mol. The fourth-order valence-corrected chi connectivity index (χ4v) is 4.08. The summed E-state index contributed by atoms with van der Waals surface area (Å²) < 4.78 is 27.5. The maximum Gasteiger partial charge on any atom is 0.226 e. The first-order valence-corrected chi connectivity index (χ1v) is 8.53. The Morgan fingerprint density at radius 3 is 2.90 bits per heavy atom. The SMILES string of the molecule is Cc1noc(CCCC(=O)NC[C@H]2CCS(=O)(=O)C2)n1. The highest BCUT2D eigenvalue weighted by Gasteiger charge is 2.27. The van der Waals surface area contributed by atoms with Gasteiger partial charge in [0.2, 0.25) is 11.8 Å². The predicted octanol–water partition coefficient (Wildman–Crippen LogP) is 0.252. The lowest BCUT2D eigenvalue weighted by Gasteiger charge is -2.09. The predicted molar refractivity (Wildman–Crippen MR) is 71.7 cm³/mol. The highest BCUT2D eigenvalue weighted by Crippen LogP contribution is 2.17. The van der Waals surface area contributed by atoms with Crippen LogP contribution in [0.2, 0.25) is 0 Å². The Kier molecular flexibility index (Phi) is 4.74. The molecule has 8 heteroatoms. The molecule has 1 atom stereocenters. The molecule has 1 aromatic rings. The minimum atomic E-state index is -2.87. The van der Waals surface area contributed by atoms with Gasteiger partial charge in [-0.3, -0.25) is 4.79 Å². The van der Waals surface area contributed by atoms with Crippen LogP contribution in [0.15, 0.2) is 4.52 Å². The molecule has 7 nitrogen and oxygen atoms in total. The maximum atomic E-state index is 11.6. The molecule has 2 rings (SSSR count). The standard InChI is InChI=1S/C12H19N3O4S/c1-9-14-12(19-15-9)4-2-3-11(16)13-7-10-5-6-20(17,18)8-10/h10H,2-8H2,1H3,(H,13,16)/t10-/m1/s1. The van der Waals surface area contributed by atoms with Gasteiger partial charge in [-0.2, -0.15) is 4.98 Å². The van der Waals surface area contributed by atoms with Gasteiger partial charge >= 0.3 is 0 Å². The van der Waals surface area contributed by atoms with Crippen molar-refractivity contribution < 1.29 is 17.7 Å². The molecule has 0 radical (unpaired) electrons. The van der Waals surface area contributed by atoms with Gasteiger partial charge in [0.15, 0.2) is 15.7 Å². The summed E-state index contributed by atoms with van der Waals surface area (Å²) in [6, 6.07) is 0. The number of carbonyl (C=O) groups excluding carboxylic acids is 1. The maximum absolute atomic E-state index is 11.6. The van der Waals surface area contributed by atoms with E-state index in [0.717, 1.165) is 0 Å². The Labute approximate surface area is 118 Å². The van der Waals surface area contributed by atoms with Crippen molar-refractivity contribution in [2.75, 3.05) is 18.1 Å². The molecule has 0 spiro atoms. The number of aromatic nitrogens is 2. The fraction of sp³-hybridized carbons (Fsp3) is 0.750. The van der Waals surface area contributed by atoms with Crippen LogP contribution in [0.3, 0.4) is 0 Å². The first-order valence-electron chi connectivity index (χ1n) is 6.71. The quantitative estimate of drug-likeness (QED) is 0.808.